The van der Waals surface area contributed by atoms with Gasteiger partial charge in [-0.1, -0.05) is 0 Å². The average Bonchev–Trinajstić information content (AvgIpc) is 2.12. The third-order valence-electron chi connectivity index (χ3n) is 0.790. The van der Waals surface area contributed by atoms with Crippen LogP contribution in [0.4, 0.5) is 0 Å². The Morgan fingerprint density at radius 3 is 2.82 bits per heavy atom. The van der Waals surface area contributed by atoms with Crippen molar-refractivity contribution in [3.8, 4) is 0 Å². The van der Waals surface area contributed by atoms with Gasteiger partial charge in [0.1, 0.15) is 0 Å². The number of rotatable bonds is 4. The normalized spacial score (nSPS) is 24.8. The monoisotopic (exact) mass is 164 g/mol. The topological polar surface area (TPSA) is 49.3 Å². The Morgan fingerprint density at radius 1 is 1.73 bits per heavy atom. The van der Waals surface area contributed by atoms with E-state index in [0.717, 1.165) is 0 Å². The fourth-order valence-corrected chi connectivity index (χ4v) is 0.368. The van der Waals surface area contributed by atoms with Crippen molar-refractivity contribution >= 4 is 5.97 Å². The maximum atomic E-state index is 10.9. The van der Waals surface area contributed by atoms with Crippen LogP contribution in [0, 0.1) is 0 Å². The van der Waals surface area contributed by atoms with Crippen LogP contribution in [0.2, 0.25) is 0 Å². The van der Waals surface area contributed by atoms with Gasteiger partial charge in [0.25, 0.3) is 1.43 Å². The molecule has 0 aliphatic rings. The molecule has 0 fully saturated rings. The molecule has 0 bridgehead atoms. The van der Waals surface area contributed by atoms with Gasteiger partial charge >= 0.3 is 5.97 Å². The summed E-state index contributed by atoms with van der Waals surface area (Å²) in [6.07, 6.45) is -4.34. The largest absolute Gasteiger partial charge is 0.481 e. The molecule has 0 saturated carbocycles. The number of aliphatic carboxylic acids is 1. The molecule has 0 aromatic rings. The highest BCUT2D eigenvalue weighted by atomic mass is 16.4. The summed E-state index contributed by atoms with van der Waals surface area (Å²) in [5.74, 6) is -1.31. The second kappa shape index (κ2) is 4.34. The third kappa shape index (κ3) is 9.43. The van der Waals surface area contributed by atoms with E-state index in [1.165, 1.54) is 0 Å². The van der Waals surface area contributed by atoms with E-state index in [1.807, 2.05) is 0 Å². The maximum Gasteiger partial charge on any atom is 0.303 e. The summed E-state index contributed by atoms with van der Waals surface area (Å²) < 4.78 is 36.2. The molecule has 66 valence electrons. The first-order chi connectivity index (χ1) is 7.02. The fourth-order valence-electron chi connectivity index (χ4n) is 0.368. The molecule has 0 aliphatic heterocycles. The van der Waals surface area contributed by atoms with Crippen molar-refractivity contribution in [1.82, 2.24) is 5.32 Å². The number of hydrogen-bond acceptors (Lipinski definition) is 3. The Hall–Kier alpha value is -0.570. The van der Waals surface area contributed by atoms with Crippen LogP contribution in [0.15, 0.2) is 0 Å². The van der Waals surface area contributed by atoms with Crippen molar-refractivity contribution in [1.29, 1.82) is 1.43 Å². The molecule has 2 atom stereocenters. The lowest BCUT2D eigenvalue weighted by atomic mass is 10.1. The number of carboxylic acids is 1. The van der Waals surface area contributed by atoms with Gasteiger partial charge in [-0.2, -0.15) is 0 Å². The minimum atomic E-state index is -2.43. The minimum Gasteiger partial charge on any atom is -0.481 e. The van der Waals surface area contributed by atoms with Crippen LogP contribution >= 0.6 is 0 Å². The van der Waals surface area contributed by atoms with E-state index in [4.69, 9.17) is 6.91 Å². The second-order valence-electron chi connectivity index (χ2n) is 3.17. The zero-order valence-corrected chi connectivity index (χ0v) is 6.97. The number of carboxylic acid groups (broad SMARTS) is 1. The van der Waals surface area contributed by atoms with Crippen molar-refractivity contribution in [3.63, 3.8) is 0 Å². The van der Waals surface area contributed by atoms with Crippen LogP contribution in [0.1, 0.15) is 39.0 Å². The van der Waals surface area contributed by atoms with Crippen molar-refractivity contribution < 1.29 is 15.4 Å². The number of hydrogen-bond donors (Lipinski definition) is 2. The van der Waals surface area contributed by atoms with E-state index in [1.54, 1.807) is 20.8 Å². The first-order valence-corrected chi connectivity index (χ1v) is 3.31. The number of nitrogens with one attached hydrogen (secondary N) is 1. The highest BCUT2D eigenvalue weighted by Crippen LogP contribution is 1.98. The lowest BCUT2D eigenvalue weighted by Gasteiger charge is -2.19. The third-order valence-corrected chi connectivity index (χ3v) is 0.790. The first-order valence-electron chi connectivity index (χ1n) is 5.88. The van der Waals surface area contributed by atoms with E-state index < -0.39 is 30.8 Å². The molecule has 0 saturated heterocycles. The fraction of sp³-hybridized carbons (Fsp3) is 0.875. The van der Waals surface area contributed by atoms with Gasteiger partial charge in [-0.25, -0.2) is 0 Å². The predicted octanol–water partition coefficient (Wildman–Crippen LogP) is 1.24. The Balaban J connectivity index is 4.70. The van der Waals surface area contributed by atoms with Crippen LogP contribution in [0.25, 0.3) is 1.43 Å². The molecule has 0 aromatic carbocycles. The maximum absolute atomic E-state index is 10.9. The minimum absolute atomic E-state index is 0.510. The summed E-state index contributed by atoms with van der Waals surface area (Å²) in [6, 6.07) is 0. The van der Waals surface area contributed by atoms with Gasteiger partial charge in [0.2, 0.25) is 0 Å². The van der Waals surface area contributed by atoms with Gasteiger partial charge in [0, 0.05) is 17.4 Å². The Morgan fingerprint density at radius 2 is 2.36 bits per heavy atom. The molecule has 0 heterocycles. The highest BCUT2D eigenvalue weighted by molar-refractivity contribution is 5.66. The standard InChI is InChI=1S/C8H17NO2/c1-8(2,3)9-6-4-5-7(10)11/h9H,4-6H2,1-3H3,(H,10,11)/i4D2,5D,6D/hD. The summed E-state index contributed by atoms with van der Waals surface area (Å²) >= 11 is 0. The summed E-state index contributed by atoms with van der Waals surface area (Å²) in [4.78, 5) is 10.9. The summed E-state index contributed by atoms with van der Waals surface area (Å²) in [7, 11) is 0. The SMILES string of the molecule is [2H]OC(=O)C([2H])C([2H])([2H])C([2H])NC(C)(C)C. The highest BCUT2D eigenvalue weighted by Gasteiger charge is 2.07. The van der Waals surface area contributed by atoms with E-state index in [0.29, 0.717) is 0 Å². The second-order valence-corrected chi connectivity index (χ2v) is 3.17. The molecule has 2 N–H and O–H groups in total. The molecular formula is C8H17NO2. The van der Waals surface area contributed by atoms with Crippen LogP contribution in [0.5, 0.6) is 0 Å². The van der Waals surface area contributed by atoms with Gasteiger partial charge in [0.15, 0.2) is 0 Å². The van der Waals surface area contributed by atoms with Gasteiger partial charge in [-0.3, -0.25) is 4.79 Å². The van der Waals surface area contributed by atoms with Gasteiger partial charge < -0.3 is 10.4 Å². The molecule has 3 nitrogen and oxygen atoms in total. The molecule has 11 heavy (non-hydrogen) atoms. The lowest BCUT2D eigenvalue weighted by molar-refractivity contribution is -0.137. The van der Waals surface area contributed by atoms with E-state index >= 15 is 0 Å². The summed E-state index contributed by atoms with van der Waals surface area (Å²) in [6.45, 7) is 3.78. The molecule has 0 radical (unpaired) electrons. The first kappa shape index (κ1) is 4.45. The summed E-state index contributed by atoms with van der Waals surface area (Å²) in [5.41, 5.74) is -0.510. The zero-order valence-electron chi connectivity index (χ0n) is 12.0. The molecular weight excluding hydrogens is 142 g/mol. The molecule has 0 rings (SSSR count). The van der Waals surface area contributed by atoms with Crippen LogP contribution in [-0.4, -0.2) is 23.1 Å². The van der Waals surface area contributed by atoms with Gasteiger partial charge in [-0.05, 0) is 33.7 Å². The molecule has 0 aromatic heterocycles. The van der Waals surface area contributed by atoms with E-state index in [2.05, 4.69) is 10.4 Å². The van der Waals surface area contributed by atoms with Crippen molar-refractivity contribution in [2.24, 2.45) is 0 Å². The summed E-state index contributed by atoms with van der Waals surface area (Å²) in [5, 5.41) is 6.17. The smallest absolute Gasteiger partial charge is 0.303 e. The Kier molecular flexibility index (Phi) is 1.76. The Bertz CT molecular complexity index is 253. The quantitative estimate of drug-likeness (QED) is 0.657. The van der Waals surface area contributed by atoms with Crippen LogP contribution in [-0.2, 0) is 4.79 Å². The van der Waals surface area contributed by atoms with E-state index in [9.17, 15) is 4.79 Å². The molecule has 0 aliphatic carbocycles. The van der Waals surface area contributed by atoms with Gasteiger partial charge in [-0.15, -0.1) is 0 Å². The van der Waals surface area contributed by atoms with Crippen LogP contribution in [0.3, 0.4) is 0 Å². The number of carbonyl (C=O) groups is 1. The molecule has 3 heteroatoms. The average molecular weight is 164 g/mol. The predicted molar refractivity (Wildman–Crippen MR) is 44.6 cm³/mol. The lowest BCUT2D eigenvalue weighted by Crippen LogP contribution is -2.36. The van der Waals surface area contributed by atoms with Crippen LogP contribution < -0.4 is 5.32 Å². The van der Waals surface area contributed by atoms with Crippen molar-refractivity contribution in [3.05, 3.63) is 0 Å². The van der Waals surface area contributed by atoms with E-state index in [-0.39, 0.29) is 0 Å². The van der Waals surface area contributed by atoms with Gasteiger partial charge in [0.05, 0.1) is 0 Å². The molecule has 0 spiro atoms. The Labute approximate surface area is 74.9 Å². The molecule has 2 unspecified atom stereocenters. The molecule has 0 amide bonds. The van der Waals surface area contributed by atoms with Crippen molar-refractivity contribution in [2.45, 2.75) is 39.1 Å². The van der Waals surface area contributed by atoms with Crippen molar-refractivity contribution in [2.75, 3.05) is 6.52 Å². The zero-order chi connectivity index (χ0) is 13.1.